The molecule has 0 saturated carbocycles. The Morgan fingerprint density at radius 1 is 1.40 bits per heavy atom. The molecule has 0 atom stereocenters. The van der Waals surface area contributed by atoms with Crippen molar-refractivity contribution >= 4 is 5.91 Å². The summed E-state index contributed by atoms with van der Waals surface area (Å²) in [7, 11) is 0. The van der Waals surface area contributed by atoms with Crippen molar-refractivity contribution in [3.8, 4) is 0 Å². The molecule has 0 radical (unpaired) electrons. The van der Waals surface area contributed by atoms with Crippen molar-refractivity contribution in [2.45, 2.75) is 13.3 Å². The lowest BCUT2D eigenvalue weighted by Gasteiger charge is -2.26. The van der Waals surface area contributed by atoms with E-state index >= 15 is 0 Å². The van der Waals surface area contributed by atoms with Gasteiger partial charge in [0.25, 0.3) is 5.91 Å². The van der Waals surface area contributed by atoms with Crippen molar-refractivity contribution in [1.82, 2.24) is 10.2 Å². The average molecular weight is 280 g/mol. The first-order valence-electron chi connectivity index (χ1n) is 7.01. The number of ether oxygens (including phenoxy) is 1. The Bertz CT molecular complexity index is 459. The highest BCUT2D eigenvalue weighted by Gasteiger charge is 2.12. The molecule has 1 aliphatic rings. The Kier molecular flexibility index (Phi) is 5.49. The van der Waals surface area contributed by atoms with Gasteiger partial charge >= 0.3 is 0 Å². The van der Waals surface area contributed by atoms with Crippen LogP contribution in [0.4, 0.5) is 4.39 Å². The van der Waals surface area contributed by atoms with Crippen LogP contribution < -0.4 is 5.32 Å². The molecule has 1 amide bonds. The van der Waals surface area contributed by atoms with E-state index in [0.717, 1.165) is 44.8 Å². The topological polar surface area (TPSA) is 41.6 Å². The van der Waals surface area contributed by atoms with Crippen LogP contribution in [-0.2, 0) is 4.74 Å². The number of halogens is 1. The molecule has 20 heavy (non-hydrogen) atoms. The van der Waals surface area contributed by atoms with Crippen LogP contribution in [0.2, 0.25) is 0 Å². The average Bonchev–Trinajstić information content (AvgIpc) is 2.47. The molecular formula is C15H21FN2O2. The molecular weight excluding hydrogens is 259 g/mol. The molecule has 0 aliphatic carbocycles. The number of aryl methyl sites for hydroxylation is 1. The lowest BCUT2D eigenvalue weighted by Crippen LogP contribution is -2.38. The van der Waals surface area contributed by atoms with Crippen LogP contribution >= 0.6 is 0 Å². The molecule has 2 rings (SSSR count). The molecule has 0 bridgehead atoms. The molecule has 0 unspecified atom stereocenters. The first-order chi connectivity index (χ1) is 9.66. The number of hydrogen-bond acceptors (Lipinski definition) is 3. The smallest absolute Gasteiger partial charge is 0.254 e. The number of hydrogen-bond donors (Lipinski definition) is 1. The van der Waals surface area contributed by atoms with E-state index in [1.807, 2.05) is 6.92 Å². The zero-order chi connectivity index (χ0) is 14.4. The Hall–Kier alpha value is -1.46. The summed E-state index contributed by atoms with van der Waals surface area (Å²) >= 11 is 0. The predicted molar refractivity (Wildman–Crippen MR) is 75.3 cm³/mol. The van der Waals surface area contributed by atoms with E-state index in [4.69, 9.17) is 4.74 Å². The maximum atomic E-state index is 13.5. The van der Waals surface area contributed by atoms with Gasteiger partial charge in [0, 0.05) is 19.6 Å². The minimum Gasteiger partial charge on any atom is -0.379 e. The lowest BCUT2D eigenvalue weighted by molar-refractivity contribution is 0.0374. The fourth-order valence-electron chi connectivity index (χ4n) is 2.24. The summed E-state index contributed by atoms with van der Waals surface area (Å²) in [5.41, 5.74) is 1.00. The van der Waals surface area contributed by atoms with Gasteiger partial charge in [0.2, 0.25) is 0 Å². The maximum absolute atomic E-state index is 13.5. The second kappa shape index (κ2) is 7.36. The number of nitrogens with one attached hydrogen (secondary N) is 1. The molecule has 1 aromatic rings. The van der Waals surface area contributed by atoms with Gasteiger partial charge in [-0.1, -0.05) is 11.6 Å². The van der Waals surface area contributed by atoms with Gasteiger partial charge in [-0.15, -0.1) is 0 Å². The van der Waals surface area contributed by atoms with E-state index in [1.165, 1.54) is 6.07 Å². The number of carbonyl (C=O) groups is 1. The highest BCUT2D eigenvalue weighted by atomic mass is 19.1. The van der Waals surface area contributed by atoms with Crippen molar-refractivity contribution in [2.24, 2.45) is 0 Å². The quantitative estimate of drug-likeness (QED) is 0.833. The third-order valence-corrected chi connectivity index (χ3v) is 3.41. The minimum absolute atomic E-state index is 0.122. The van der Waals surface area contributed by atoms with Crippen LogP contribution in [0.3, 0.4) is 0 Å². The van der Waals surface area contributed by atoms with E-state index in [-0.39, 0.29) is 11.5 Å². The highest BCUT2D eigenvalue weighted by Crippen LogP contribution is 2.09. The minimum atomic E-state index is -0.471. The fraction of sp³-hybridized carbons (Fsp3) is 0.533. The van der Waals surface area contributed by atoms with Crippen molar-refractivity contribution in [2.75, 3.05) is 39.4 Å². The van der Waals surface area contributed by atoms with Gasteiger partial charge in [-0.3, -0.25) is 9.69 Å². The molecule has 1 heterocycles. The Morgan fingerprint density at radius 3 is 2.90 bits per heavy atom. The van der Waals surface area contributed by atoms with E-state index in [0.29, 0.717) is 6.54 Å². The number of rotatable bonds is 5. The van der Waals surface area contributed by atoms with Gasteiger partial charge in [0.1, 0.15) is 5.82 Å². The summed E-state index contributed by atoms with van der Waals surface area (Å²) in [4.78, 5) is 14.2. The van der Waals surface area contributed by atoms with Gasteiger partial charge in [-0.2, -0.15) is 0 Å². The normalized spacial score (nSPS) is 16.1. The first-order valence-corrected chi connectivity index (χ1v) is 7.01. The molecule has 1 fully saturated rings. The fourth-order valence-corrected chi connectivity index (χ4v) is 2.24. The van der Waals surface area contributed by atoms with Crippen LogP contribution in [0.1, 0.15) is 22.3 Å². The highest BCUT2D eigenvalue weighted by molar-refractivity contribution is 5.94. The third-order valence-electron chi connectivity index (χ3n) is 3.41. The van der Waals surface area contributed by atoms with E-state index in [1.54, 1.807) is 12.1 Å². The first kappa shape index (κ1) is 14.9. The van der Waals surface area contributed by atoms with Gasteiger partial charge < -0.3 is 10.1 Å². The zero-order valence-electron chi connectivity index (χ0n) is 11.8. The van der Waals surface area contributed by atoms with E-state index < -0.39 is 5.82 Å². The molecule has 4 nitrogen and oxygen atoms in total. The number of amides is 1. The van der Waals surface area contributed by atoms with Gasteiger partial charge in [-0.05, 0) is 32.0 Å². The summed E-state index contributed by atoms with van der Waals surface area (Å²) in [5.74, 6) is -0.811. The van der Waals surface area contributed by atoms with Crippen LogP contribution in [0.5, 0.6) is 0 Å². The van der Waals surface area contributed by atoms with Crippen molar-refractivity contribution in [3.05, 3.63) is 35.1 Å². The zero-order valence-corrected chi connectivity index (χ0v) is 11.8. The Labute approximate surface area is 118 Å². The molecule has 1 aromatic carbocycles. The second-order valence-corrected chi connectivity index (χ2v) is 5.05. The Balaban J connectivity index is 1.73. The lowest BCUT2D eigenvalue weighted by atomic mass is 10.1. The van der Waals surface area contributed by atoms with Gasteiger partial charge in [0.05, 0.1) is 18.8 Å². The molecule has 0 aromatic heterocycles. The second-order valence-electron chi connectivity index (χ2n) is 5.05. The standard InChI is InChI=1S/C15H21FN2O2/c1-12-3-4-14(16)13(11-12)15(19)17-5-2-6-18-7-9-20-10-8-18/h3-4,11H,2,5-10H2,1H3,(H,17,19). The molecule has 1 saturated heterocycles. The molecule has 5 heteroatoms. The number of morpholine rings is 1. The maximum Gasteiger partial charge on any atom is 0.254 e. The Morgan fingerprint density at radius 2 is 2.15 bits per heavy atom. The van der Waals surface area contributed by atoms with E-state index in [9.17, 15) is 9.18 Å². The summed E-state index contributed by atoms with van der Waals surface area (Å²) in [6.45, 7) is 6.78. The van der Waals surface area contributed by atoms with Crippen LogP contribution in [0, 0.1) is 12.7 Å². The number of carbonyl (C=O) groups excluding carboxylic acids is 1. The van der Waals surface area contributed by atoms with Gasteiger partial charge in [-0.25, -0.2) is 4.39 Å². The van der Waals surface area contributed by atoms with Crippen LogP contribution in [-0.4, -0.2) is 50.2 Å². The monoisotopic (exact) mass is 280 g/mol. The molecule has 0 spiro atoms. The van der Waals surface area contributed by atoms with E-state index in [2.05, 4.69) is 10.2 Å². The van der Waals surface area contributed by atoms with Crippen molar-refractivity contribution in [1.29, 1.82) is 0 Å². The number of benzene rings is 1. The summed E-state index contributed by atoms with van der Waals surface area (Å²) in [6.07, 6.45) is 0.860. The predicted octanol–water partition coefficient (Wildman–Crippen LogP) is 1.59. The molecule has 110 valence electrons. The summed E-state index contributed by atoms with van der Waals surface area (Å²) in [6, 6.07) is 4.56. The van der Waals surface area contributed by atoms with Crippen molar-refractivity contribution in [3.63, 3.8) is 0 Å². The van der Waals surface area contributed by atoms with Crippen LogP contribution in [0.25, 0.3) is 0 Å². The van der Waals surface area contributed by atoms with Crippen molar-refractivity contribution < 1.29 is 13.9 Å². The third kappa shape index (κ3) is 4.28. The molecule has 1 N–H and O–H groups in total. The van der Waals surface area contributed by atoms with Gasteiger partial charge in [0.15, 0.2) is 0 Å². The largest absolute Gasteiger partial charge is 0.379 e. The SMILES string of the molecule is Cc1ccc(F)c(C(=O)NCCCN2CCOCC2)c1. The molecule has 1 aliphatic heterocycles. The number of nitrogens with zero attached hydrogens (tertiary/aromatic N) is 1. The summed E-state index contributed by atoms with van der Waals surface area (Å²) in [5, 5.41) is 2.77. The van der Waals surface area contributed by atoms with Crippen LogP contribution in [0.15, 0.2) is 18.2 Å². The summed E-state index contributed by atoms with van der Waals surface area (Å²) < 4.78 is 18.8.